The molecular formula is C19H20N6O. The van der Waals surface area contributed by atoms with Crippen LogP contribution >= 0.6 is 0 Å². The van der Waals surface area contributed by atoms with Gasteiger partial charge in [0.1, 0.15) is 0 Å². The van der Waals surface area contributed by atoms with E-state index in [1.807, 2.05) is 12.1 Å². The molecule has 0 atom stereocenters. The van der Waals surface area contributed by atoms with Crippen molar-refractivity contribution in [3.05, 3.63) is 66.1 Å². The average Bonchev–Trinajstić information content (AvgIpc) is 3.33. The molecule has 0 aliphatic carbocycles. The molecule has 0 radical (unpaired) electrons. The summed E-state index contributed by atoms with van der Waals surface area (Å²) in [6, 6.07) is 14.1. The summed E-state index contributed by atoms with van der Waals surface area (Å²) in [5.74, 6) is 1.42. The van der Waals surface area contributed by atoms with E-state index in [1.165, 1.54) is 5.56 Å². The first-order valence-corrected chi connectivity index (χ1v) is 8.47. The minimum absolute atomic E-state index is 0.306. The van der Waals surface area contributed by atoms with E-state index < -0.39 is 0 Å². The third kappa shape index (κ3) is 3.29. The largest absolute Gasteiger partial charge is 0.461 e. The van der Waals surface area contributed by atoms with Crippen LogP contribution in [0.25, 0.3) is 17.2 Å². The lowest BCUT2D eigenvalue weighted by Gasteiger charge is -2.16. The Morgan fingerprint density at radius 1 is 1.15 bits per heavy atom. The molecule has 0 aliphatic rings. The summed E-state index contributed by atoms with van der Waals surface area (Å²) in [5.41, 5.74) is 8.96. The number of nitrogen functional groups attached to an aromatic ring is 1. The van der Waals surface area contributed by atoms with Crippen molar-refractivity contribution in [3.8, 4) is 11.6 Å². The highest BCUT2D eigenvalue weighted by Gasteiger charge is 2.15. The maximum atomic E-state index is 5.96. The molecule has 3 heterocycles. The molecule has 0 fully saturated rings. The zero-order chi connectivity index (χ0) is 17.9. The van der Waals surface area contributed by atoms with Gasteiger partial charge in [0.2, 0.25) is 11.8 Å². The molecule has 4 aromatic rings. The van der Waals surface area contributed by atoms with Gasteiger partial charge in [-0.15, -0.1) is 5.10 Å². The van der Waals surface area contributed by atoms with E-state index in [2.05, 4.69) is 51.3 Å². The third-order valence-corrected chi connectivity index (χ3v) is 4.27. The van der Waals surface area contributed by atoms with E-state index in [1.54, 1.807) is 23.0 Å². The van der Waals surface area contributed by atoms with Crippen LogP contribution in [0.2, 0.25) is 0 Å². The van der Waals surface area contributed by atoms with Crippen molar-refractivity contribution in [1.82, 2.24) is 24.5 Å². The molecule has 2 N–H and O–H groups in total. The highest BCUT2D eigenvalue weighted by Crippen LogP contribution is 2.20. The number of fused-ring (bicyclic) bond motifs is 1. The molecule has 7 heteroatoms. The molecule has 7 nitrogen and oxygen atoms in total. The van der Waals surface area contributed by atoms with E-state index in [0.717, 1.165) is 18.5 Å². The molecule has 0 bridgehead atoms. The smallest absolute Gasteiger partial charge is 0.223 e. The van der Waals surface area contributed by atoms with Gasteiger partial charge in [-0.05, 0) is 31.2 Å². The number of likely N-dealkylation sites (N-methyl/N-ethyl adjacent to an activating group) is 1. The lowest BCUT2D eigenvalue weighted by molar-refractivity contribution is 0.331. The summed E-state index contributed by atoms with van der Waals surface area (Å²) in [4.78, 5) is 11.1. The van der Waals surface area contributed by atoms with Crippen LogP contribution in [-0.4, -0.2) is 38.1 Å². The first-order chi connectivity index (χ1) is 12.7. The first-order valence-electron chi connectivity index (χ1n) is 8.47. The van der Waals surface area contributed by atoms with Gasteiger partial charge < -0.3 is 15.1 Å². The Morgan fingerprint density at radius 2 is 2.00 bits per heavy atom. The van der Waals surface area contributed by atoms with Crippen LogP contribution in [0, 0.1) is 0 Å². The fourth-order valence-corrected chi connectivity index (χ4v) is 2.89. The molecule has 0 aliphatic heterocycles. The van der Waals surface area contributed by atoms with Gasteiger partial charge >= 0.3 is 0 Å². The van der Waals surface area contributed by atoms with E-state index in [9.17, 15) is 0 Å². The summed E-state index contributed by atoms with van der Waals surface area (Å²) in [5, 5.41) is 4.42. The number of aromatic nitrogens is 4. The molecule has 0 saturated heterocycles. The Balaban J connectivity index is 1.55. The lowest BCUT2D eigenvalue weighted by atomic mass is 10.1. The van der Waals surface area contributed by atoms with Gasteiger partial charge in [-0.2, -0.15) is 4.52 Å². The number of furan rings is 1. The van der Waals surface area contributed by atoms with Gasteiger partial charge in [-0.25, -0.2) is 9.97 Å². The quantitative estimate of drug-likeness (QED) is 0.576. The van der Waals surface area contributed by atoms with Crippen molar-refractivity contribution in [2.24, 2.45) is 0 Å². The van der Waals surface area contributed by atoms with Gasteiger partial charge in [0.05, 0.1) is 6.26 Å². The van der Waals surface area contributed by atoms with Crippen molar-refractivity contribution in [3.63, 3.8) is 0 Å². The summed E-state index contributed by atoms with van der Waals surface area (Å²) in [7, 11) is 2.08. The maximum Gasteiger partial charge on any atom is 0.223 e. The van der Waals surface area contributed by atoms with Gasteiger partial charge in [0, 0.05) is 24.8 Å². The maximum absolute atomic E-state index is 5.96. The number of rotatable bonds is 6. The van der Waals surface area contributed by atoms with Crippen molar-refractivity contribution in [2.45, 2.75) is 13.0 Å². The zero-order valence-corrected chi connectivity index (χ0v) is 14.5. The van der Waals surface area contributed by atoms with Gasteiger partial charge in [-0.1, -0.05) is 30.3 Å². The molecule has 0 unspecified atom stereocenters. The summed E-state index contributed by atoms with van der Waals surface area (Å²) in [6.07, 6.45) is 4.35. The molecular weight excluding hydrogens is 328 g/mol. The van der Waals surface area contributed by atoms with Gasteiger partial charge in [0.25, 0.3) is 0 Å². The standard InChI is InChI=1S/C19H20N6O/c1-24(10-9-14-6-3-2-4-7-14)13-15-12-21-19(20)25-18(15)22-17(23-25)16-8-5-11-26-16/h2-8,11-12H,9-10,13H2,1H3,(H2,20,21). The van der Waals surface area contributed by atoms with Crippen LogP contribution in [-0.2, 0) is 13.0 Å². The van der Waals surface area contributed by atoms with E-state index in [0.29, 0.717) is 29.7 Å². The number of hydrogen-bond acceptors (Lipinski definition) is 6. The molecule has 4 rings (SSSR count). The Morgan fingerprint density at radius 3 is 2.77 bits per heavy atom. The predicted molar refractivity (Wildman–Crippen MR) is 99.4 cm³/mol. The normalized spacial score (nSPS) is 11.5. The topological polar surface area (TPSA) is 85.5 Å². The van der Waals surface area contributed by atoms with E-state index in [-0.39, 0.29) is 0 Å². The van der Waals surface area contributed by atoms with Crippen molar-refractivity contribution < 1.29 is 4.42 Å². The van der Waals surface area contributed by atoms with Crippen molar-refractivity contribution in [2.75, 3.05) is 19.3 Å². The fourth-order valence-electron chi connectivity index (χ4n) is 2.89. The zero-order valence-electron chi connectivity index (χ0n) is 14.5. The Labute approximate surface area is 151 Å². The van der Waals surface area contributed by atoms with Crippen LogP contribution < -0.4 is 5.73 Å². The summed E-state index contributed by atoms with van der Waals surface area (Å²) < 4.78 is 6.96. The molecule has 1 aromatic carbocycles. The number of nitrogens with two attached hydrogens (primary N) is 1. The van der Waals surface area contributed by atoms with Crippen LogP contribution in [0.3, 0.4) is 0 Å². The lowest BCUT2D eigenvalue weighted by Crippen LogP contribution is -2.21. The molecule has 0 spiro atoms. The summed E-state index contributed by atoms with van der Waals surface area (Å²) in [6.45, 7) is 1.64. The van der Waals surface area contributed by atoms with Gasteiger partial charge in [-0.3, -0.25) is 0 Å². The van der Waals surface area contributed by atoms with E-state index in [4.69, 9.17) is 10.2 Å². The minimum Gasteiger partial charge on any atom is -0.461 e. The van der Waals surface area contributed by atoms with Gasteiger partial charge in [0.15, 0.2) is 11.4 Å². The molecule has 132 valence electrons. The number of hydrogen-bond donors (Lipinski definition) is 1. The van der Waals surface area contributed by atoms with E-state index >= 15 is 0 Å². The second kappa shape index (κ2) is 6.97. The minimum atomic E-state index is 0.306. The summed E-state index contributed by atoms with van der Waals surface area (Å²) >= 11 is 0. The van der Waals surface area contributed by atoms with Crippen molar-refractivity contribution in [1.29, 1.82) is 0 Å². The first kappa shape index (κ1) is 16.3. The molecule has 0 saturated carbocycles. The SMILES string of the molecule is CN(CCc1ccccc1)Cc1cnc(N)n2nc(-c3ccco3)nc12. The number of nitrogens with zero attached hydrogens (tertiary/aromatic N) is 5. The monoisotopic (exact) mass is 348 g/mol. The number of benzene rings is 1. The van der Waals surface area contributed by atoms with Crippen LogP contribution in [0.5, 0.6) is 0 Å². The molecule has 0 amide bonds. The highest BCUT2D eigenvalue weighted by atomic mass is 16.3. The predicted octanol–water partition coefficient (Wildman–Crippen LogP) is 2.64. The van der Waals surface area contributed by atoms with Crippen LogP contribution in [0.15, 0.2) is 59.3 Å². The van der Waals surface area contributed by atoms with Crippen LogP contribution in [0.4, 0.5) is 5.95 Å². The molecule has 3 aromatic heterocycles. The molecule has 26 heavy (non-hydrogen) atoms. The van der Waals surface area contributed by atoms with Crippen LogP contribution in [0.1, 0.15) is 11.1 Å². The Bertz CT molecular complexity index is 994. The second-order valence-electron chi connectivity index (χ2n) is 6.26. The Kier molecular flexibility index (Phi) is 4.37. The van der Waals surface area contributed by atoms with Crippen molar-refractivity contribution >= 4 is 11.6 Å². The second-order valence-corrected chi connectivity index (χ2v) is 6.26. The highest BCUT2D eigenvalue weighted by molar-refractivity contribution is 5.57. The average molecular weight is 348 g/mol. The number of anilines is 1. The fraction of sp³-hybridized carbons (Fsp3) is 0.211. The Hall–Kier alpha value is -3.19. The third-order valence-electron chi connectivity index (χ3n) is 4.27.